The zero-order chi connectivity index (χ0) is 19.7. The van der Waals surface area contributed by atoms with Crippen LogP contribution in [0.1, 0.15) is 30.1 Å². The second kappa shape index (κ2) is 7.38. The molecule has 0 atom stereocenters. The van der Waals surface area contributed by atoms with Crippen molar-refractivity contribution in [3.05, 3.63) is 76.3 Å². The Balaban J connectivity index is 1.93. The highest BCUT2D eigenvalue weighted by molar-refractivity contribution is 6.05. The maximum absolute atomic E-state index is 13.6. The fourth-order valence-electron chi connectivity index (χ4n) is 3.21. The summed E-state index contributed by atoms with van der Waals surface area (Å²) in [6.07, 6.45) is 2.13. The standard InChI is InChI=1S/C22H20FN3O2/c1-14(27)19-20(16-6-3-2-4-7-16)25-26(13-15-10-11-15)22(28)21(19)24-18-9-5-8-17(23)12-18/h2-9,12,15,24H,10-11,13H2,1H3. The number of rotatable bonds is 6. The van der Waals surface area contributed by atoms with E-state index in [9.17, 15) is 14.0 Å². The lowest BCUT2D eigenvalue weighted by Crippen LogP contribution is -2.29. The minimum absolute atomic E-state index is 0.132. The van der Waals surface area contributed by atoms with Gasteiger partial charge in [0.05, 0.1) is 5.56 Å². The minimum atomic E-state index is -0.426. The van der Waals surface area contributed by atoms with E-state index in [0.717, 1.165) is 18.4 Å². The largest absolute Gasteiger partial charge is 0.350 e. The zero-order valence-electron chi connectivity index (χ0n) is 15.5. The van der Waals surface area contributed by atoms with Crippen molar-refractivity contribution in [3.8, 4) is 11.3 Å². The number of benzene rings is 2. The normalized spacial score (nSPS) is 13.4. The van der Waals surface area contributed by atoms with Crippen LogP contribution in [0.2, 0.25) is 0 Å². The van der Waals surface area contributed by atoms with Gasteiger partial charge in [0.2, 0.25) is 0 Å². The molecule has 1 fully saturated rings. The van der Waals surface area contributed by atoms with Gasteiger partial charge in [0.1, 0.15) is 17.2 Å². The highest BCUT2D eigenvalue weighted by atomic mass is 19.1. The first kappa shape index (κ1) is 18.1. The summed E-state index contributed by atoms with van der Waals surface area (Å²) >= 11 is 0. The Morgan fingerprint density at radius 2 is 1.93 bits per heavy atom. The first-order valence-corrected chi connectivity index (χ1v) is 9.27. The number of halogens is 1. The molecule has 1 N–H and O–H groups in total. The van der Waals surface area contributed by atoms with Crippen molar-refractivity contribution in [2.24, 2.45) is 5.92 Å². The molecule has 142 valence electrons. The summed E-state index contributed by atoms with van der Waals surface area (Å²) in [7, 11) is 0. The predicted molar refractivity (Wildman–Crippen MR) is 106 cm³/mol. The van der Waals surface area contributed by atoms with Crippen LogP contribution >= 0.6 is 0 Å². The second-order valence-corrected chi connectivity index (χ2v) is 7.09. The van der Waals surface area contributed by atoms with Gasteiger partial charge in [0.15, 0.2) is 5.78 Å². The molecule has 5 nitrogen and oxygen atoms in total. The molecule has 0 aliphatic heterocycles. The smallest absolute Gasteiger partial charge is 0.291 e. The quantitative estimate of drug-likeness (QED) is 0.647. The number of nitrogens with one attached hydrogen (secondary N) is 1. The number of carbonyl (C=O) groups excluding carboxylic acids is 1. The summed E-state index contributed by atoms with van der Waals surface area (Å²) in [5, 5.41) is 7.51. The molecule has 0 saturated heterocycles. The van der Waals surface area contributed by atoms with Crippen molar-refractivity contribution in [1.29, 1.82) is 0 Å². The third-order valence-corrected chi connectivity index (χ3v) is 4.78. The fourth-order valence-corrected chi connectivity index (χ4v) is 3.21. The van der Waals surface area contributed by atoms with Gasteiger partial charge in [-0.2, -0.15) is 5.10 Å². The van der Waals surface area contributed by atoms with Crippen LogP contribution in [0.3, 0.4) is 0 Å². The number of carbonyl (C=O) groups is 1. The Morgan fingerprint density at radius 1 is 1.18 bits per heavy atom. The van der Waals surface area contributed by atoms with Crippen LogP contribution < -0.4 is 10.9 Å². The molecule has 2 aromatic carbocycles. The summed E-state index contributed by atoms with van der Waals surface area (Å²) in [6, 6.07) is 15.1. The molecular weight excluding hydrogens is 357 g/mol. The maximum Gasteiger partial charge on any atom is 0.291 e. The summed E-state index contributed by atoms with van der Waals surface area (Å²) < 4.78 is 15.1. The molecule has 3 aromatic rings. The third-order valence-electron chi connectivity index (χ3n) is 4.78. The lowest BCUT2D eigenvalue weighted by Gasteiger charge is -2.16. The van der Waals surface area contributed by atoms with Crippen LogP contribution in [0.25, 0.3) is 11.3 Å². The van der Waals surface area contributed by atoms with E-state index in [1.807, 2.05) is 30.3 Å². The van der Waals surface area contributed by atoms with E-state index in [1.54, 1.807) is 12.1 Å². The lowest BCUT2D eigenvalue weighted by atomic mass is 10.0. The topological polar surface area (TPSA) is 64.0 Å². The first-order chi connectivity index (χ1) is 13.5. The average Bonchev–Trinajstić information content (AvgIpc) is 3.49. The van der Waals surface area contributed by atoms with E-state index >= 15 is 0 Å². The van der Waals surface area contributed by atoms with Gasteiger partial charge in [0, 0.05) is 17.8 Å². The van der Waals surface area contributed by atoms with Gasteiger partial charge in [-0.05, 0) is 43.9 Å². The highest BCUT2D eigenvalue weighted by Crippen LogP contribution is 2.32. The summed E-state index contributed by atoms with van der Waals surface area (Å²) in [6.45, 7) is 1.92. The number of aromatic nitrogens is 2. The molecule has 0 amide bonds. The molecular formula is C22H20FN3O2. The molecule has 1 saturated carbocycles. The van der Waals surface area contributed by atoms with Crippen LogP contribution in [-0.2, 0) is 6.54 Å². The molecule has 1 aliphatic rings. The Kier molecular flexibility index (Phi) is 4.77. The molecule has 1 aromatic heterocycles. The van der Waals surface area contributed by atoms with Gasteiger partial charge in [-0.3, -0.25) is 9.59 Å². The number of hydrogen-bond donors (Lipinski definition) is 1. The minimum Gasteiger partial charge on any atom is -0.350 e. The zero-order valence-corrected chi connectivity index (χ0v) is 15.5. The van der Waals surface area contributed by atoms with Crippen molar-refractivity contribution in [2.45, 2.75) is 26.3 Å². The Labute approximate surface area is 161 Å². The summed E-state index contributed by atoms with van der Waals surface area (Å²) in [5.74, 6) is -0.273. The molecule has 6 heteroatoms. The molecule has 4 rings (SSSR count). The van der Waals surface area contributed by atoms with Gasteiger partial charge in [-0.15, -0.1) is 0 Å². The van der Waals surface area contributed by atoms with Crippen LogP contribution in [0.4, 0.5) is 15.8 Å². The van der Waals surface area contributed by atoms with E-state index in [4.69, 9.17) is 0 Å². The monoisotopic (exact) mass is 377 g/mol. The van der Waals surface area contributed by atoms with Crippen molar-refractivity contribution in [1.82, 2.24) is 9.78 Å². The molecule has 1 heterocycles. The van der Waals surface area contributed by atoms with Gasteiger partial charge < -0.3 is 5.32 Å². The molecule has 0 unspecified atom stereocenters. The van der Waals surface area contributed by atoms with Crippen molar-refractivity contribution in [2.75, 3.05) is 5.32 Å². The molecule has 28 heavy (non-hydrogen) atoms. The van der Waals surface area contributed by atoms with Crippen LogP contribution in [0.5, 0.6) is 0 Å². The van der Waals surface area contributed by atoms with Crippen molar-refractivity contribution in [3.63, 3.8) is 0 Å². The van der Waals surface area contributed by atoms with Crippen LogP contribution in [-0.4, -0.2) is 15.6 Å². The van der Waals surface area contributed by atoms with Crippen LogP contribution in [0, 0.1) is 11.7 Å². The van der Waals surface area contributed by atoms with E-state index in [2.05, 4.69) is 10.4 Å². The van der Waals surface area contributed by atoms with Crippen molar-refractivity contribution >= 4 is 17.2 Å². The SMILES string of the molecule is CC(=O)c1c(-c2ccccc2)nn(CC2CC2)c(=O)c1Nc1cccc(F)c1. The molecule has 0 spiro atoms. The van der Waals surface area contributed by atoms with Gasteiger partial charge in [0.25, 0.3) is 5.56 Å². The van der Waals surface area contributed by atoms with E-state index in [1.165, 1.54) is 23.7 Å². The van der Waals surface area contributed by atoms with Gasteiger partial charge >= 0.3 is 0 Å². The molecule has 0 bridgehead atoms. The predicted octanol–water partition coefficient (Wildman–Crippen LogP) is 4.41. The first-order valence-electron chi connectivity index (χ1n) is 9.27. The number of nitrogens with zero attached hydrogens (tertiary/aromatic N) is 2. The molecule has 1 aliphatic carbocycles. The van der Waals surface area contributed by atoms with E-state index < -0.39 is 5.82 Å². The van der Waals surface area contributed by atoms with Gasteiger partial charge in [-0.1, -0.05) is 36.4 Å². The van der Waals surface area contributed by atoms with E-state index in [-0.39, 0.29) is 22.6 Å². The van der Waals surface area contributed by atoms with Gasteiger partial charge in [-0.25, -0.2) is 9.07 Å². The second-order valence-electron chi connectivity index (χ2n) is 7.09. The average molecular weight is 377 g/mol. The number of anilines is 2. The van der Waals surface area contributed by atoms with Crippen molar-refractivity contribution < 1.29 is 9.18 Å². The lowest BCUT2D eigenvalue weighted by molar-refractivity contribution is 0.101. The van der Waals surface area contributed by atoms with Crippen LogP contribution in [0.15, 0.2) is 59.4 Å². The number of hydrogen-bond acceptors (Lipinski definition) is 4. The Bertz CT molecular complexity index is 1090. The summed E-state index contributed by atoms with van der Waals surface area (Å²) in [4.78, 5) is 25.6. The Morgan fingerprint density at radius 3 is 2.57 bits per heavy atom. The van der Waals surface area contributed by atoms with E-state index in [0.29, 0.717) is 23.8 Å². The summed E-state index contributed by atoms with van der Waals surface area (Å²) in [5.41, 5.74) is 1.58. The number of ketones is 1. The fraction of sp³-hybridized carbons (Fsp3) is 0.227. The number of Topliss-reactive ketones (excluding diaryl/α,β-unsaturated/α-hetero) is 1. The Hall–Kier alpha value is -3.28. The maximum atomic E-state index is 13.6. The molecule has 0 radical (unpaired) electrons. The third kappa shape index (κ3) is 3.71. The highest BCUT2D eigenvalue weighted by Gasteiger charge is 2.27.